The van der Waals surface area contributed by atoms with Gasteiger partial charge in [0.05, 0.1) is 18.2 Å². The molecule has 0 aliphatic carbocycles. The molecule has 1 atom stereocenters. The summed E-state index contributed by atoms with van der Waals surface area (Å²) in [4.78, 5) is 13.4. The number of carbonyl (C=O) groups is 1. The summed E-state index contributed by atoms with van der Waals surface area (Å²) in [7, 11) is 0. The normalized spacial score (nSPS) is 15.6. The first kappa shape index (κ1) is 13.8. The summed E-state index contributed by atoms with van der Waals surface area (Å²) in [6.07, 6.45) is 0.540. The number of hydrogen-bond donors (Lipinski definition) is 2. The molecule has 0 spiro atoms. The zero-order valence-electron chi connectivity index (χ0n) is 11.2. The van der Waals surface area contributed by atoms with E-state index in [2.05, 4.69) is 5.32 Å². The number of carbonyl (C=O) groups excluding carboxylic acids is 1. The molecule has 2 N–H and O–H groups in total. The summed E-state index contributed by atoms with van der Waals surface area (Å²) in [5.74, 6) is -0.437. The molecule has 1 heterocycles. The van der Waals surface area contributed by atoms with Crippen LogP contribution in [0.1, 0.15) is 25.8 Å². The lowest BCUT2D eigenvalue weighted by atomic mass is 10.1. The van der Waals surface area contributed by atoms with E-state index in [0.29, 0.717) is 30.0 Å². The highest BCUT2D eigenvalue weighted by molar-refractivity contribution is 6.02. The Bertz CT molecular complexity index is 489. The summed E-state index contributed by atoms with van der Waals surface area (Å²) in [5, 5.41) is 12.2. The number of anilines is 2. The van der Waals surface area contributed by atoms with Gasteiger partial charge in [0.15, 0.2) is 0 Å². The Hall–Kier alpha value is -1.62. The minimum Gasteiger partial charge on any atom is -0.392 e. The van der Waals surface area contributed by atoms with Crippen LogP contribution in [0.15, 0.2) is 12.1 Å². The molecule has 1 aromatic rings. The smallest absolute Gasteiger partial charge is 0.231 e. The van der Waals surface area contributed by atoms with Gasteiger partial charge in [0.2, 0.25) is 5.91 Å². The molecule has 0 aromatic heterocycles. The van der Waals surface area contributed by atoms with Gasteiger partial charge in [-0.3, -0.25) is 4.79 Å². The van der Waals surface area contributed by atoms with Crippen molar-refractivity contribution in [2.75, 3.05) is 23.3 Å². The summed E-state index contributed by atoms with van der Waals surface area (Å²) >= 11 is 0. The second-order valence-electron chi connectivity index (χ2n) is 4.92. The molecule has 0 radical (unpaired) electrons. The SMILES string of the molecule is CCCN1C(=O)Cc2cc(NC[C@@H](C)O)cc(F)c21. The maximum absolute atomic E-state index is 14.1. The van der Waals surface area contributed by atoms with Crippen molar-refractivity contribution in [3.8, 4) is 0 Å². The standard InChI is InChI=1S/C14H19FN2O2/c1-3-4-17-13(19)6-10-5-11(16-8-9(2)18)7-12(15)14(10)17/h5,7,9,16,18H,3-4,6,8H2,1-2H3/t9-/m1/s1. The number of aliphatic hydroxyl groups excluding tert-OH is 1. The largest absolute Gasteiger partial charge is 0.392 e. The highest BCUT2D eigenvalue weighted by atomic mass is 19.1. The van der Waals surface area contributed by atoms with E-state index < -0.39 is 6.10 Å². The Labute approximate surface area is 112 Å². The molecule has 5 heteroatoms. The van der Waals surface area contributed by atoms with Gasteiger partial charge in [-0.15, -0.1) is 0 Å². The van der Waals surface area contributed by atoms with Gasteiger partial charge < -0.3 is 15.3 Å². The van der Waals surface area contributed by atoms with Crippen LogP contribution in [0.5, 0.6) is 0 Å². The molecular formula is C14H19FN2O2. The van der Waals surface area contributed by atoms with E-state index >= 15 is 0 Å². The van der Waals surface area contributed by atoms with Crippen LogP contribution in [-0.2, 0) is 11.2 Å². The molecule has 0 fully saturated rings. The van der Waals surface area contributed by atoms with E-state index in [-0.39, 0.29) is 18.1 Å². The number of aliphatic hydroxyl groups is 1. The minimum absolute atomic E-state index is 0.0524. The lowest BCUT2D eigenvalue weighted by Crippen LogP contribution is -2.27. The summed E-state index contributed by atoms with van der Waals surface area (Å²) < 4.78 is 14.1. The second-order valence-corrected chi connectivity index (χ2v) is 4.92. The fourth-order valence-electron chi connectivity index (χ4n) is 2.30. The molecule has 0 saturated heterocycles. The first-order chi connectivity index (χ1) is 9.02. The Balaban J connectivity index is 2.26. The van der Waals surface area contributed by atoms with E-state index in [1.54, 1.807) is 13.0 Å². The number of nitrogens with one attached hydrogen (secondary N) is 1. The predicted molar refractivity (Wildman–Crippen MR) is 72.9 cm³/mol. The summed E-state index contributed by atoms with van der Waals surface area (Å²) in [5.41, 5.74) is 1.73. The maximum Gasteiger partial charge on any atom is 0.231 e. The molecule has 0 bridgehead atoms. The summed E-state index contributed by atoms with van der Waals surface area (Å²) in [6.45, 7) is 4.51. The van der Waals surface area contributed by atoms with Crippen molar-refractivity contribution in [1.82, 2.24) is 0 Å². The Morgan fingerprint density at radius 1 is 1.53 bits per heavy atom. The first-order valence-corrected chi connectivity index (χ1v) is 6.57. The number of fused-ring (bicyclic) bond motifs is 1. The van der Waals surface area contributed by atoms with E-state index in [1.165, 1.54) is 11.0 Å². The molecule has 1 amide bonds. The van der Waals surface area contributed by atoms with Gasteiger partial charge in [-0.25, -0.2) is 4.39 Å². The van der Waals surface area contributed by atoms with Gasteiger partial charge in [-0.1, -0.05) is 6.92 Å². The third-order valence-electron chi connectivity index (χ3n) is 3.10. The van der Waals surface area contributed by atoms with Crippen LogP contribution in [0, 0.1) is 5.82 Å². The topological polar surface area (TPSA) is 52.6 Å². The fraction of sp³-hybridized carbons (Fsp3) is 0.500. The Kier molecular flexibility index (Phi) is 4.04. The van der Waals surface area contributed by atoms with Gasteiger partial charge in [-0.05, 0) is 31.0 Å². The first-order valence-electron chi connectivity index (χ1n) is 6.57. The monoisotopic (exact) mass is 266 g/mol. The van der Waals surface area contributed by atoms with E-state index in [9.17, 15) is 14.3 Å². The van der Waals surface area contributed by atoms with Crippen LogP contribution in [0.25, 0.3) is 0 Å². The quantitative estimate of drug-likeness (QED) is 0.856. The zero-order valence-corrected chi connectivity index (χ0v) is 11.2. The third kappa shape index (κ3) is 2.87. The molecule has 104 valence electrons. The number of benzene rings is 1. The van der Waals surface area contributed by atoms with Crippen LogP contribution in [0.3, 0.4) is 0 Å². The van der Waals surface area contributed by atoms with Crippen molar-refractivity contribution >= 4 is 17.3 Å². The number of amides is 1. The lowest BCUT2D eigenvalue weighted by molar-refractivity contribution is -0.117. The number of nitrogens with zero attached hydrogens (tertiary/aromatic N) is 1. The molecule has 1 aliphatic heterocycles. The van der Waals surface area contributed by atoms with Gasteiger partial charge in [0.25, 0.3) is 0 Å². The van der Waals surface area contributed by atoms with Crippen LogP contribution in [0.4, 0.5) is 15.8 Å². The van der Waals surface area contributed by atoms with Crippen LogP contribution < -0.4 is 10.2 Å². The molecule has 0 saturated carbocycles. The predicted octanol–water partition coefficient (Wildman–Crippen LogP) is 1.92. The number of rotatable bonds is 5. The van der Waals surface area contributed by atoms with Gasteiger partial charge >= 0.3 is 0 Å². The highest BCUT2D eigenvalue weighted by Gasteiger charge is 2.30. The van der Waals surface area contributed by atoms with Crippen molar-refractivity contribution in [2.24, 2.45) is 0 Å². The fourth-order valence-corrected chi connectivity index (χ4v) is 2.30. The van der Waals surface area contributed by atoms with E-state index in [1.807, 2.05) is 6.92 Å². The van der Waals surface area contributed by atoms with E-state index in [0.717, 1.165) is 6.42 Å². The van der Waals surface area contributed by atoms with Crippen LogP contribution in [0.2, 0.25) is 0 Å². The van der Waals surface area contributed by atoms with Crippen LogP contribution in [-0.4, -0.2) is 30.2 Å². The zero-order chi connectivity index (χ0) is 14.0. The maximum atomic E-state index is 14.1. The molecule has 4 nitrogen and oxygen atoms in total. The van der Waals surface area contributed by atoms with Gasteiger partial charge in [0.1, 0.15) is 5.82 Å². The molecule has 1 aliphatic rings. The van der Waals surface area contributed by atoms with Crippen molar-refractivity contribution in [3.63, 3.8) is 0 Å². The number of hydrogen-bond acceptors (Lipinski definition) is 3. The van der Waals surface area contributed by atoms with Gasteiger partial charge in [-0.2, -0.15) is 0 Å². The molecule has 2 rings (SSSR count). The van der Waals surface area contributed by atoms with Crippen molar-refractivity contribution in [2.45, 2.75) is 32.8 Å². The molecule has 0 unspecified atom stereocenters. The Morgan fingerprint density at radius 3 is 2.89 bits per heavy atom. The summed E-state index contributed by atoms with van der Waals surface area (Å²) in [6, 6.07) is 3.16. The average Bonchev–Trinajstić information content (AvgIpc) is 2.64. The average molecular weight is 266 g/mol. The molecular weight excluding hydrogens is 247 g/mol. The van der Waals surface area contributed by atoms with Gasteiger partial charge in [0, 0.05) is 18.8 Å². The van der Waals surface area contributed by atoms with Crippen LogP contribution >= 0.6 is 0 Å². The number of halogens is 1. The lowest BCUT2D eigenvalue weighted by Gasteiger charge is -2.17. The minimum atomic E-state index is -0.505. The van der Waals surface area contributed by atoms with Crippen molar-refractivity contribution < 1.29 is 14.3 Å². The van der Waals surface area contributed by atoms with E-state index in [4.69, 9.17) is 0 Å². The highest BCUT2D eigenvalue weighted by Crippen LogP contribution is 2.34. The molecule has 1 aromatic carbocycles. The third-order valence-corrected chi connectivity index (χ3v) is 3.10. The molecule has 19 heavy (non-hydrogen) atoms. The Morgan fingerprint density at radius 2 is 2.26 bits per heavy atom. The second kappa shape index (κ2) is 5.57. The van der Waals surface area contributed by atoms with Crippen molar-refractivity contribution in [1.29, 1.82) is 0 Å². The van der Waals surface area contributed by atoms with Crippen molar-refractivity contribution in [3.05, 3.63) is 23.5 Å².